The molecule has 136 valence electrons. The molecular formula is C19H30N6. The van der Waals surface area contributed by atoms with Crippen molar-refractivity contribution in [2.75, 3.05) is 27.2 Å². The molecule has 1 aromatic heterocycles. The maximum atomic E-state index is 4.67. The number of aliphatic imine (C=N–C) groups is 1. The lowest BCUT2D eigenvalue weighted by Crippen LogP contribution is -2.38. The molecular weight excluding hydrogens is 312 g/mol. The molecule has 0 saturated carbocycles. The molecule has 0 aliphatic carbocycles. The van der Waals surface area contributed by atoms with E-state index >= 15 is 0 Å². The van der Waals surface area contributed by atoms with E-state index in [2.05, 4.69) is 70.9 Å². The fourth-order valence-electron chi connectivity index (χ4n) is 2.51. The molecule has 0 spiro atoms. The number of benzene rings is 1. The molecule has 2 N–H and O–H groups in total. The van der Waals surface area contributed by atoms with E-state index in [1.165, 1.54) is 11.1 Å². The third-order valence-electron chi connectivity index (χ3n) is 3.70. The maximum Gasteiger partial charge on any atom is 0.191 e. The topological polar surface area (TPSA) is 57.5 Å². The SMILES string of the molecule is CCNC(=NCc1ccc(CN(C)C)cc1)NCCCn1cccn1. The molecule has 2 aromatic rings. The summed E-state index contributed by atoms with van der Waals surface area (Å²) in [4.78, 5) is 6.84. The van der Waals surface area contributed by atoms with E-state index in [1.54, 1.807) is 0 Å². The molecule has 0 saturated heterocycles. The van der Waals surface area contributed by atoms with Crippen molar-refractivity contribution in [3.05, 3.63) is 53.9 Å². The van der Waals surface area contributed by atoms with Gasteiger partial charge < -0.3 is 15.5 Å². The van der Waals surface area contributed by atoms with E-state index < -0.39 is 0 Å². The van der Waals surface area contributed by atoms with Gasteiger partial charge in [-0.1, -0.05) is 24.3 Å². The van der Waals surface area contributed by atoms with E-state index in [-0.39, 0.29) is 0 Å². The Bertz CT molecular complexity index is 616. The summed E-state index contributed by atoms with van der Waals surface area (Å²) in [6, 6.07) is 10.6. The Hall–Kier alpha value is -2.34. The smallest absolute Gasteiger partial charge is 0.191 e. The van der Waals surface area contributed by atoms with Crippen LogP contribution < -0.4 is 10.6 Å². The summed E-state index contributed by atoms with van der Waals surface area (Å²) in [5.74, 6) is 0.861. The van der Waals surface area contributed by atoms with Crippen molar-refractivity contribution in [2.45, 2.75) is 33.0 Å². The third kappa shape index (κ3) is 7.39. The predicted octanol–water partition coefficient (Wildman–Crippen LogP) is 2.09. The molecule has 0 fully saturated rings. The zero-order valence-electron chi connectivity index (χ0n) is 15.6. The van der Waals surface area contributed by atoms with E-state index in [9.17, 15) is 0 Å². The van der Waals surface area contributed by atoms with Crippen LogP contribution in [0.3, 0.4) is 0 Å². The highest BCUT2D eigenvalue weighted by Gasteiger charge is 1.99. The molecule has 6 heteroatoms. The fraction of sp³-hybridized carbons (Fsp3) is 0.474. The second kappa shape index (κ2) is 10.5. The Balaban J connectivity index is 1.79. The van der Waals surface area contributed by atoms with Gasteiger partial charge in [-0.3, -0.25) is 4.68 Å². The van der Waals surface area contributed by atoms with Crippen LogP contribution in [0.5, 0.6) is 0 Å². The summed E-state index contributed by atoms with van der Waals surface area (Å²) in [6.45, 7) is 6.35. The first kappa shape index (κ1) is 19.0. The van der Waals surface area contributed by atoms with Crippen molar-refractivity contribution in [1.82, 2.24) is 25.3 Å². The van der Waals surface area contributed by atoms with E-state index in [0.717, 1.165) is 38.6 Å². The Morgan fingerprint density at radius 3 is 2.56 bits per heavy atom. The van der Waals surface area contributed by atoms with Gasteiger partial charge in [0.2, 0.25) is 0 Å². The highest BCUT2D eigenvalue weighted by atomic mass is 15.3. The molecule has 1 aromatic carbocycles. The first-order valence-electron chi connectivity index (χ1n) is 8.89. The van der Waals surface area contributed by atoms with Gasteiger partial charge in [-0.05, 0) is 44.6 Å². The first-order chi connectivity index (χ1) is 12.2. The standard InChI is InChI=1S/C19H30N6/c1-4-20-19(21-11-5-13-25-14-6-12-23-25)22-15-17-7-9-18(10-8-17)16-24(2)3/h6-10,12,14H,4-5,11,13,15-16H2,1-3H3,(H2,20,21,22). The summed E-state index contributed by atoms with van der Waals surface area (Å²) in [5.41, 5.74) is 2.54. The summed E-state index contributed by atoms with van der Waals surface area (Å²) in [5, 5.41) is 10.9. The van der Waals surface area contributed by atoms with Gasteiger partial charge in [0.05, 0.1) is 6.54 Å². The van der Waals surface area contributed by atoms with Gasteiger partial charge in [-0.15, -0.1) is 0 Å². The van der Waals surface area contributed by atoms with Crippen LogP contribution in [0.1, 0.15) is 24.5 Å². The molecule has 0 aliphatic heterocycles. The summed E-state index contributed by atoms with van der Waals surface area (Å²) >= 11 is 0. The van der Waals surface area contributed by atoms with Gasteiger partial charge in [-0.25, -0.2) is 4.99 Å². The lowest BCUT2D eigenvalue weighted by Gasteiger charge is -2.12. The highest BCUT2D eigenvalue weighted by Crippen LogP contribution is 2.07. The van der Waals surface area contributed by atoms with Crippen molar-refractivity contribution in [3.8, 4) is 0 Å². The lowest BCUT2D eigenvalue weighted by molar-refractivity contribution is 0.402. The first-order valence-corrected chi connectivity index (χ1v) is 8.89. The Labute approximate surface area is 151 Å². The van der Waals surface area contributed by atoms with Crippen molar-refractivity contribution >= 4 is 5.96 Å². The van der Waals surface area contributed by atoms with Gasteiger partial charge in [0, 0.05) is 38.6 Å². The Morgan fingerprint density at radius 2 is 1.92 bits per heavy atom. The fourth-order valence-corrected chi connectivity index (χ4v) is 2.51. The normalized spacial score (nSPS) is 11.8. The second-order valence-corrected chi connectivity index (χ2v) is 6.30. The van der Waals surface area contributed by atoms with Crippen LogP contribution in [-0.2, 0) is 19.6 Å². The van der Waals surface area contributed by atoms with Gasteiger partial charge in [0.25, 0.3) is 0 Å². The molecule has 0 unspecified atom stereocenters. The van der Waals surface area contributed by atoms with Crippen molar-refractivity contribution < 1.29 is 0 Å². The van der Waals surface area contributed by atoms with Crippen molar-refractivity contribution in [2.24, 2.45) is 4.99 Å². The third-order valence-corrected chi connectivity index (χ3v) is 3.70. The second-order valence-electron chi connectivity index (χ2n) is 6.30. The van der Waals surface area contributed by atoms with Crippen LogP contribution in [-0.4, -0.2) is 47.8 Å². The van der Waals surface area contributed by atoms with Crippen LogP contribution in [0.4, 0.5) is 0 Å². The van der Waals surface area contributed by atoms with Crippen LogP contribution in [0.25, 0.3) is 0 Å². The summed E-state index contributed by atoms with van der Waals surface area (Å²) in [7, 11) is 4.16. The number of nitrogens with zero attached hydrogens (tertiary/aromatic N) is 4. The van der Waals surface area contributed by atoms with Gasteiger partial charge in [0.1, 0.15) is 0 Å². The quantitative estimate of drug-likeness (QED) is 0.416. The molecule has 0 amide bonds. The predicted molar refractivity (Wildman–Crippen MR) is 103 cm³/mol. The number of rotatable bonds is 9. The zero-order chi connectivity index (χ0) is 17.9. The minimum absolute atomic E-state index is 0.677. The van der Waals surface area contributed by atoms with E-state index in [1.807, 2.05) is 23.1 Å². The monoisotopic (exact) mass is 342 g/mol. The zero-order valence-corrected chi connectivity index (χ0v) is 15.6. The van der Waals surface area contributed by atoms with Gasteiger partial charge in [0.15, 0.2) is 5.96 Å². The van der Waals surface area contributed by atoms with E-state index in [0.29, 0.717) is 6.54 Å². The number of aromatic nitrogens is 2. The van der Waals surface area contributed by atoms with Crippen LogP contribution in [0.15, 0.2) is 47.7 Å². The lowest BCUT2D eigenvalue weighted by atomic mass is 10.1. The number of nitrogens with one attached hydrogen (secondary N) is 2. The number of hydrogen-bond acceptors (Lipinski definition) is 3. The van der Waals surface area contributed by atoms with Crippen LogP contribution >= 0.6 is 0 Å². The molecule has 0 radical (unpaired) electrons. The summed E-state index contributed by atoms with van der Waals surface area (Å²) in [6.07, 6.45) is 4.80. The largest absolute Gasteiger partial charge is 0.357 e. The van der Waals surface area contributed by atoms with Gasteiger partial charge in [-0.2, -0.15) is 5.10 Å². The number of guanidine groups is 1. The average Bonchev–Trinajstić information content (AvgIpc) is 3.10. The number of aryl methyl sites for hydroxylation is 1. The molecule has 0 bridgehead atoms. The molecule has 0 aliphatic rings. The van der Waals surface area contributed by atoms with Crippen molar-refractivity contribution in [3.63, 3.8) is 0 Å². The van der Waals surface area contributed by atoms with Crippen LogP contribution in [0.2, 0.25) is 0 Å². The molecule has 2 rings (SSSR count). The molecule has 6 nitrogen and oxygen atoms in total. The molecule has 0 atom stereocenters. The van der Waals surface area contributed by atoms with Gasteiger partial charge >= 0.3 is 0 Å². The minimum atomic E-state index is 0.677. The van der Waals surface area contributed by atoms with Crippen molar-refractivity contribution in [1.29, 1.82) is 0 Å². The maximum absolute atomic E-state index is 4.67. The highest BCUT2D eigenvalue weighted by molar-refractivity contribution is 5.79. The van der Waals surface area contributed by atoms with E-state index in [4.69, 9.17) is 0 Å². The average molecular weight is 342 g/mol. The molecule has 25 heavy (non-hydrogen) atoms. The Morgan fingerprint density at radius 1 is 1.16 bits per heavy atom. The minimum Gasteiger partial charge on any atom is -0.357 e. The summed E-state index contributed by atoms with van der Waals surface area (Å²) < 4.78 is 1.95. The molecule has 1 heterocycles. The van der Waals surface area contributed by atoms with Crippen LogP contribution in [0, 0.1) is 0 Å². The Kier molecular flexibility index (Phi) is 7.98. The number of hydrogen-bond donors (Lipinski definition) is 2.